The largest absolute Gasteiger partial charge is 0.551 e. The molecule has 0 aromatic heterocycles. The fourth-order valence-corrected chi connectivity index (χ4v) is 2.36. The first-order valence-corrected chi connectivity index (χ1v) is 6.68. The number of rotatable bonds is 1. The third-order valence-corrected chi connectivity index (χ3v) is 3.49. The van der Waals surface area contributed by atoms with Crippen LogP contribution in [0.25, 0.3) is 0 Å². The molecule has 1 nitrogen and oxygen atoms in total. The second-order valence-corrected chi connectivity index (χ2v) is 5.88. The molecule has 0 N–H and O–H groups in total. The Balaban J connectivity index is 0.000000810. The maximum atomic E-state index is 5.52. The zero-order chi connectivity index (χ0) is 6.69. The molecule has 1 aliphatic rings. The van der Waals surface area contributed by atoms with Crippen LogP contribution >= 0.6 is 0 Å². The molecule has 1 heterocycles. The number of ether oxygens (including phenoxy) is 1. The van der Waals surface area contributed by atoms with Gasteiger partial charge in [-0.05, 0) is 6.42 Å². The van der Waals surface area contributed by atoms with Crippen LogP contribution in [0.15, 0.2) is 0 Å². The van der Waals surface area contributed by atoms with E-state index in [0.717, 1.165) is 6.61 Å². The molecule has 0 aliphatic carbocycles. The van der Waals surface area contributed by atoms with E-state index in [1.54, 1.807) is 0 Å². The van der Waals surface area contributed by atoms with Crippen molar-refractivity contribution in [1.29, 1.82) is 0 Å². The van der Waals surface area contributed by atoms with Crippen LogP contribution in [0.2, 0.25) is 13.1 Å². The molecular formula is C7H15FeOSi-. The SMILES string of the molecule is C[SiH](C)[C-]1CCCCO1.[Fe]. The van der Waals surface area contributed by atoms with Crippen LogP contribution in [0.3, 0.4) is 0 Å². The molecular weight excluding hydrogens is 184 g/mol. The van der Waals surface area contributed by atoms with Gasteiger partial charge in [0.05, 0.1) is 0 Å². The Morgan fingerprint density at radius 1 is 1.30 bits per heavy atom. The monoisotopic (exact) mass is 199 g/mol. The molecule has 62 valence electrons. The van der Waals surface area contributed by atoms with Crippen LogP contribution in [0.5, 0.6) is 0 Å². The minimum atomic E-state index is -0.557. The average molecular weight is 199 g/mol. The van der Waals surface area contributed by atoms with Gasteiger partial charge in [-0.25, -0.2) is 0 Å². The molecule has 0 unspecified atom stereocenters. The Hall–Kier alpha value is 0.696. The van der Waals surface area contributed by atoms with Crippen LogP contribution in [0.4, 0.5) is 0 Å². The maximum Gasteiger partial charge on any atom is 0.0111 e. The fraction of sp³-hybridized carbons (Fsp3) is 0.857. The van der Waals surface area contributed by atoms with E-state index in [-0.39, 0.29) is 17.1 Å². The molecule has 0 aromatic rings. The van der Waals surface area contributed by atoms with E-state index < -0.39 is 8.80 Å². The summed E-state index contributed by atoms with van der Waals surface area (Å²) in [6, 6.07) is 0. The van der Waals surface area contributed by atoms with Gasteiger partial charge in [-0.3, -0.25) is 0 Å². The minimum Gasteiger partial charge on any atom is -0.551 e. The smallest absolute Gasteiger partial charge is 0.0111 e. The summed E-state index contributed by atoms with van der Waals surface area (Å²) in [7, 11) is -0.557. The minimum absolute atomic E-state index is 0. The first-order chi connectivity index (χ1) is 4.30. The molecule has 1 fully saturated rings. The van der Waals surface area contributed by atoms with Crippen molar-refractivity contribution in [2.75, 3.05) is 6.61 Å². The fourth-order valence-electron chi connectivity index (χ4n) is 1.13. The van der Waals surface area contributed by atoms with E-state index >= 15 is 0 Å². The molecule has 0 bridgehead atoms. The average Bonchev–Trinajstić information content (AvgIpc) is 1.90. The molecule has 3 heteroatoms. The van der Waals surface area contributed by atoms with Crippen molar-refractivity contribution in [3.8, 4) is 0 Å². The molecule has 0 aromatic carbocycles. The van der Waals surface area contributed by atoms with Gasteiger partial charge < -0.3 is 4.74 Å². The van der Waals surface area contributed by atoms with Crippen LogP contribution in [-0.4, -0.2) is 15.4 Å². The summed E-state index contributed by atoms with van der Waals surface area (Å²) in [5.74, 6) is 0. The second kappa shape index (κ2) is 5.36. The van der Waals surface area contributed by atoms with E-state index in [4.69, 9.17) is 4.74 Å². The van der Waals surface area contributed by atoms with Crippen molar-refractivity contribution < 1.29 is 21.8 Å². The third kappa shape index (κ3) is 3.20. The summed E-state index contributed by atoms with van der Waals surface area (Å²) in [6.45, 7) is 5.65. The van der Waals surface area contributed by atoms with Crippen LogP contribution in [0, 0.1) is 5.73 Å². The van der Waals surface area contributed by atoms with Gasteiger partial charge in [0.15, 0.2) is 0 Å². The van der Waals surface area contributed by atoms with Crippen LogP contribution in [0.1, 0.15) is 19.3 Å². The summed E-state index contributed by atoms with van der Waals surface area (Å²) >= 11 is 0. The summed E-state index contributed by atoms with van der Waals surface area (Å²) < 4.78 is 5.52. The van der Waals surface area contributed by atoms with Gasteiger partial charge in [-0.1, -0.05) is 28.3 Å². The van der Waals surface area contributed by atoms with Crippen molar-refractivity contribution in [3.63, 3.8) is 0 Å². The third-order valence-electron chi connectivity index (χ3n) is 1.75. The molecule has 1 rings (SSSR count). The van der Waals surface area contributed by atoms with Gasteiger partial charge >= 0.3 is 0 Å². The first-order valence-electron chi connectivity index (χ1n) is 3.79. The Kier molecular flexibility index (Phi) is 5.73. The predicted octanol–water partition coefficient (Wildman–Crippen LogP) is 1.74. The van der Waals surface area contributed by atoms with Gasteiger partial charge in [0, 0.05) is 23.7 Å². The molecule has 10 heavy (non-hydrogen) atoms. The predicted molar refractivity (Wildman–Crippen MR) is 41.9 cm³/mol. The Morgan fingerprint density at radius 3 is 2.30 bits per heavy atom. The van der Waals surface area contributed by atoms with E-state index in [1.807, 2.05) is 0 Å². The van der Waals surface area contributed by atoms with Crippen molar-refractivity contribution >= 4 is 8.80 Å². The van der Waals surface area contributed by atoms with E-state index in [1.165, 1.54) is 25.0 Å². The normalized spacial score (nSPS) is 20.7. The van der Waals surface area contributed by atoms with Gasteiger partial charge in [-0.15, -0.1) is 0 Å². The first kappa shape index (κ1) is 10.7. The molecule has 0 amide bonds. The molecule has 0 saturated carbocycles. The Bertz CT molecular complexity index is 81.7. The topological polar surface area (TPSA) is 9.23 Å². The molecule has 0 spiro atoms. The van der Waals surface area contributed by atoms with Gasteiger partial charge in [-0.2, -0.15) is 12.1 Å². The van der Waals surface area contributed by atoms with Gasteiger partial charge in [0.2, 0.25) is 0 Å². The van der Waals surface area contributed by atoms with Crippen molar-refractivity contribution in [3.05, 3.63) is 5.73 Å². The second-order valence-electron chi connectivity index (χ2n) is 2.93. The van der Waals surface area contributed by atoms with E-state index in [0.29, 0.717) is 0 Å². The van der Waals surface area contributed by atoms with E-state index in [2.05, 4.69) is 13.1 Å². The molecule has 1 saturated heterocycles. The maximum absolute atomic E-state index is 5.52. The van der Waals surface area contributed by atoms with Gasteiger partial charge in [0.25, 0.3) is 0 Å². The zero-order valence-electron chi connectivity index (χ0n) is 6.67. The molecule has 0 atom stereocenters. The summed E-state index contributed by atoms with van der Waals surface area (Å²) in [5, 5.41) is 0. The van der Waals surface area contributed by atoms with Crippen molar-refractivity contribution in [1.82, 2.24) is 0 Å². The number of hydrogen-bond acceptors (Lipinski definition) is 1. The molecule has 0 radical (unpaired) electrons. The van der Waals surface area contributed by atoms with Gasteiger partial charge in [0.1, 0.15) is 0 Å². The standard InChI is InChI=1S/C7H15OSi.Fe/c1-9(2)7-5-3-4-6-8-7;/h9H,3-6H2,1-2H3;/q-1;. The Morgan fingerprint density at radius 2 is 2.00 bits per heavy atom. The van der Waals surface area contributed by atoms with Crippen LogP contribution < -0.4 is 0 Å². The summed E-state index contributed by atoms with van der Waals surface area (Å²) in [4.78, 5) is 0. The number of hydrogen-bond donors (Lipinski definition) is 0. The van der Waals surface area contributed by atoms with Crippen LogP contribution in [-0.2, 0) is 21.8 Å². The zero-order valence-corrected chi connectivity index (χ0v) is 8.93. The van der Waals surface area contributed by atoms with Crippen molar-refractivity contribution in [2.24, 2.45) is 0 Å². The summed E-state index contributed by atoms with van der Waals surface area (Å²) in [6.07, 6.45) is 3.88. The summed E-state index contributed by atoms with van der Waals surface area (Å²) in [5.41, 5.74) is 1.45. The van der Waals surface area contributed by atoms with E-state index in [9.17, 15) is 0 Å². The van der Waals surface area contributed by atoms with Crippen molar-refractivity contribution in [2.45, 2.75) is 32.4 Å². The molecule has 1 aliphatic heterocycles. The quantitative estimate of drug-likeness (QED) is 0.461. The Labute approximate surface area is 75.6 Å².